The van der Waals surface area contributed by atoms with Gasteiger partial charge >= 0.3 is 5.97 Å². The zero-order chi connectivity index (χ0) is 22.4. The summed E-state index contributed by atoms with van der Waals surface area (Å²) in [7, 11) is -2.55. The number of amides is 1. The summed E-state index contributed by atoms with van der Waals surface area (Å²) < 4.78 is 33.0. The minimum Gasteiger partial charge on any atom is -0.469 e. The number of esters is 1. The maximum absolute atomic E-state index is 12.9. The Hall–Kier alpha value is -3.02. The van der Waals surface area contributed by atoms with Crippen molar-refractivity contribution in [2.75, 3.05) is 17.1 Å². The smallest absolute Gasteiger partial charge is 0.305 e. The fourth-order valence-corrected chi connectivity index (χ4v) is 4.32. The molecule has 2 aromatic carbocycles. The first-order chi connectivity index (χ1) is 14.8. The van der Waals surface area contributed by atoms with Crippen molar-refractivity contribution in [3.05, 3.63) is 52.5 Å². The van der Waals surface area contributed by atoms with Crippen LogP contribution in [-0.2, 0) is 30.8 Å². The second-order valence-electron chi connectivity index (χ2n) is 6.89. The lowest BCUT2D eigenvalue weighted by Crippen LogP contribution is -2.20. The van der Waals surface area contributed by atoms with Gasteiger partial charge in [-0.1, -0.05) is 23.4 Å². The largest absolute Gasteiger partial charge is 0.469 e. The minimum atomic E-state index is -3.88. The van der Waals surface area contributed by atoms with E-state index in [1.165, 1.54) is 13.2 Å². The van der Waals surface area contributed by atoms with Gasteiger partial charge in [-0.25, -0.2) is 8.42 Å². The number of fused-ring (bicyclic) bond motifs is 1. The molecule has 1 aliphatic heterocycles. The third-order valence-electron chi connectivity index (χ3n) is 4.64. The summed E-state index contributed by atoms with van der Waals surface area (Å²) in [4.78, 5) is 22.7. The van der Waals surface area contributed by atoms with Gasteiger partial charge in [0.05, 0.1) is 23.3 Å². The number of hydrogen-bond donors (Lipinski definition) is 2. The molecule has 0 aromatic heterocycles. The molecular formula is C22H21ClN2O5S. The first kappa shape index (κ1) is 22.7. The Bertz CT molecular complexity index is 1180. The third kappa shape index (κ3) is 6.00. The molecule has 0 saturated heterocycles. The van der Waals surface area contributed by atoms with Crippen molar-refractivity contribution in [1.29, 1.82) is 0 Å². The van der Waals surface area contributed by atoms with Crippen LogP contribution in [0.15, 0.2) is 41.3 Å². The van der Waals surface area contributed by atoms with Crippen LogP contribution in [0.25, 0.3) is 0 Å². The molecule has 0 fully saturated rings. The number of methoxy groups -OCH3 is 1. The molecule has 1 aliphatic rings. The number of ether oxygens (including phenoxy) is 1. The van der Waals surface area contributed by atoms with Gasteiger partial charge in [-0.2, -0.15) is 0 Å². The molecule has 1 amide bonds. The van der Waals surface area contributed by atoms with E-state index >= 15 is 0 Å². The predicted octanol–water partition coefficient (Wildman–Crippen LogP) is 3.72. The molecule has 0 radical (unpaired) electrons. The van der Waals surface area contributed by atoms with Crippen LogP contribution in [0.1, 0.15) is 36.8 Å². The first-order valence-electron chi connectivity index (χ1n) is 9.59. The number of hydrogen-bond acceptors (Lipinski definition) is 5. The van der Waals surface area contributed by atoms with Gasteiger partial charge < -0.3 is 10.1 Å². The molecule has 0 aliphatic carbocycles. The molecule has 7 nitrogen and oxygen atoms in total. The zero-order valence-electron chi connectivity index (χ0n) is 16.8. The standard InChI is InChI=1S/C22H21ClN2O5S/c1-30-22(27)6-4-2-3-5-15-13-17(23)8-10-20(15)25-31(28,29)18-9-11-19-16(14-18)7-12-21(26)24-19/h8-11,13-14,25H,2,4,6-7,12H2,1H3,(H,24,26). The van der Waals surface area contributed by atoms with Crippen molar-refractivity contribution in [1.82, 2.24) is 0 Å². The summed E-state index contributed by atoms with van der Waals surface area (Å²) >= 11 is 6.06. The number of carbonyl (C=O) groups excluding carboxylic acids is 2. The van der Waals surface area contributed by atoms with Crippen molar-refractivity contribution in [2.24, 2.45) is 0 Å². The highest BCUT2D eigenvalue weighted by Gasteiger charge is 2.20. The Morgan fingerprint density at radius 1 is 1.23 bits per heavy atom. The number of carbonyl (C=O) groups is 2. The Morgan fingerprint density at radius 3 is 2.81 bits per heavy atom. The highest BCUT2D eigenvalue weighted by molar-refractivity contribution is 7.92. The average Bonchev–Trinajstić information content (AvgIpc) is 2.74. The summed E-state index contributed by atoms with van der Waals surface area (Å²) in [5, 5.41) is 3.15. The van der Waals surface area contributed by atoms with Gasteiger partial charge in [-0.15, -0.1) is 0 Å². The number of benzene rings is 2. The molecule has 0 bridgehead atoms. The van der Waals surface area contributed by atoms with Gasteiger partial charge in [0.1, 0.15) is 0 Å². The Morgan fingerprint density at radius 2 is 2.03 bits per heavy atom. The van der Waals surface area contributed by atoms with Crippen LogP contribution in [0.2, 0.25) is 5.02 Å². The van der Waals surface area contributed by atoms with E-state index in [2.05, 4.69) is 26.6 Å². The van der Waals surface area contributed by atoms with Crippen LogP contribution in [0.3, 0.4) is 0 Å². The van der Waals surface area contributed by atoms with Crippen LogP contribution in [-0.4, -0.2) is 27.4 Å². The number of anilines is 2. The topological polar surface area (TPSA) is 102 Å². The monoisotopic (exact) mass is 460 g/mol. The highest BCUT2D eigenvalue weighted by Crippen LogP contribution is 2.28. The SMILES string of the molecule is COC(=O)CCCC#Cc1cc(Cl)ccc1NS(=O)(=O)c1ccc2c(c1)CCC(=O)N2. The Balaban J connectivity index is 1.79. The maximum atomic E-state index is 12.9. The van der Waals surface area contributed by atoms with Gasteiger partial charge in [0.25, 0.3) is 10.0 Å². The molecule has 162 valence electrons. The number of halogens is 1. The molecule has 31 heavy (non-hydrogen) atoms. The molecular weight excluding hydrogens is 440 g/mol. The van der Waals surface area contributed by atoms with E-state index in [1.807, 2.05) is 0 Å². The fraction of sp³-hybridized carbons (Fsp3) is 0.273. The van der Waals surface area contributed by atoms with Crippen LogP contribution in [0.5, 0.6) is 0 Å². The van der Waals surface area contributed by atoms with Crippen molar-refractivity contribution in [3.63, 3.8) is 0 Å². The van der Waals surface area contributed by atoms with Gasteiger partial charge in [0.15, 0.2) is 0 Å². The molecule has 0 atom stereocenters. The second kappa shape index (κ2) is 9.86. The molecule has 9 heteroatoms. The van der Waals surface area contributed by atoms with Crippen molar-refractivity contribution in [3.8, 4) is 11.8 Å². The first-order valence-corrected chi connectivity index (χ1v) is 11.5. The third-order valence-corrected chi connectivity index (χ3v) is 6.24. The van der Waals surface area contributed by atoms with Crippen molar-refractivity contribution in [2.45, 2.75) is 37.0 Å². The molecule has 0 unspecified atom stereocenters. The van der Waals surface area contributed by atoms with Crippen LogP contribution < -0.4 is 10.0 Å². The summed E-state index contributed by atoms with van der Waals surface area (Å²) in [5.41, 5.74) is 2.12. The van der Waals surface area contributed by atoms with E-state index in [4.69, 9.17) is 11.6 Å². The van der Waals surface area contributed by atoms with Gasteiger partial charge in [0.2, 0.25) is 5.91 Å². The average molecular weight is 461 g/mol. The predicted molar refractivity (Wildman–Crippen MR) is 118 cm³/mol. The summed E-state index contributed by atoms with van der Waals surface area (Å²) in [6.45, 7) is 0. The lowest BCUT2D eigenvalue weighted by molar-refractivity contribution is -0.140. The van der Waals surface area contributed by atoms with Crippen LogP contribution in [0.4, 0.5) is 11.4 Å². The molecule has 2 aromatic rings. The minimum absolute atomic E-state index is 0.0859. The van der Waals surface area contributed by atoms with Crippen LogP contribution in [0, 0.1) is 11.8 Å². The molecule has 1 heterocycles. The molecule has 0 saturated carbocycles. The summed E-state index contributed by atoms with van der Waals surface area (Å²) in [6, 6.07) is 9.30. The molecule has 3 rings (SSSR count). The maximum Gasteiger partial charge on any atom is 0.305 e. The van der Waals surface area contributed by atoms with E-state index in [-0.39, 0.29) is 23.2 Å². The summed E-state index contributed by atoms with van der Waals surface area (Å²) in [6.07, 6.45) is 2.04. The van der Waals surface area contributed by atoms with Crippen molar-refractivity contribution >= 4 is 44.9 Å². The summed E-state index contributed by atoms with van der Waals surface area (Å²) in [5.74, 6) is 5.45. The number of aryl methyl sites for hydroxylation is 1. The van der Waals surface area contributed by atoms with E-state index in [0.717, 1.165) is 5.56 Å². The van der Waals surface area contributed by atoms with Crippen LogP contribution >= 0.6 is 11.6 Å². The quantitative estimate of drug-likeness (QED) is 0.388. The normalized spacial score (nSPS) is 12.8. The van der Waals surface area contributed by atoms with Gasteiger partial charge in [-0.05, 0) is 54.8 Å². The van der Waals surface area contributed by atoms with E-state index in [0.29, 0.717) is 47.6 Å². The van der Waals surface area contributed by atoms with E-state index < -0.39 is 10.0 Å². The lowest BCUT2D eigenvalue weighted by atomic mass is 10.0. The number of rotatable bonds is 6. The number of unbranched alkanes of at least 4 members (excludes halogenated alkanes) is 1. The van der Waals surface area contributed by atoms with E-state index in [9.17, 15) is 18.0 Å². The highest BCUT2D eigenvalue weighted by atomic mass is 35.5. The fourth-order valence-electron chi connectivity index (χ4n) is 3.02. The van der Waals surface area contributed by atoms with Gasteiger partial charge in [-0.3, -0.25) is 14.3 Å². The Labute approximate surface area is 186 Å². The van der Waals surface area contributed by atoms with Crippen molar-refractivity contribution < 1.29 is 22.7 Å². The second-order valence-corrected chi connectivity index (χ2v) is 9.01. The Kier molecular flexibility index (Phi) is 7.21. The zero-order valence-corrected chi connectivity index (χ0v) is 18.4. The lowest BCUT2D eigenvalue weighted by Gasteiger charge is -2.18. The van der Waals surface area contributed by atoms with E-state index in [1.54, 1.807) is 30.3 Å². The van der Waals surface area contributed by atoms with Gasteiger partial charge in [0, 0.05) is 30.0 Å². The number of nitrogens with one attached hydrogen (secondary N) is 2. The molecule has 0 spiro atoms. The number of sulfonamides is 1. The molecule has 2 N–H and O–H groups in total.